The first-order valence-electron chi connectivity index (χ1n) is 7.57. The van der Waals surface area contributed by atoms with Gasteiger partial charge >= 0.3 is 0 Å². The number of hydrogen-bond acceptors (Lipinski definition) is 4. The van der Waals surface area contributed by atoms with E-state index in [0.29, 0.717) is 19.6 Å². The predicted molar refractivity (Wildman–Crippen MR) is 86.9 cm³/mol. The Balaban J connectivity index is 0.00000192. The van der Waals surface area contributed by atoms with Crippen molar-refractivity contribution < 1.29 is 42.2 Å². The number of nitrogens with zero attached hydrogens (tertiary/aromatic N) is 2. The number of carbonyl (C=O) groups is 1. The Morgan fingerprint density at radius 2 is 2.17 bits per heavy atom. The number of rotatable bonds is 6. The zero-order chi connectivity index (χ0) is 15.4. The Hall–Kier alpha value is -0.616. The molecule has 4 nitrogen and oxygen atoms in total. The van der Waals surface area contributed by atoms with Gasteiger partial charge in [-0.3, -0.25) is 4.79 Å². The van der Waals surface area contributed by atoms with Crippen molar-refractivity contribution in [3.63, 3.8) is 0 Å². The van der Waals surface area contributed by atoms with Crippen molar-refractivity contribution in [1.82, 2.24) is 4.98 Å². The number of carbonyl (C=O) groups excluding carboxylic acids is 1. The molecule has 23 heavy (non-hydrogen) atoms. The maximum Gasteiger partial charge on any atom is 0.227 e. The van der Waals surface area contributed by atoms with Crippen LogP contribution in [-0.2, 0) is 55.3 Å². The molecule has 0 N–H and O–H groups in total. The monoisotopic (exact) mass is 404 g/mol. The molecule has 0 unspecified atom stereocenters. The van der Waals surface area contributed by atoms with E-state index < -0.39 is 0 Å². The molecule has 0 aliphatic carbocycles. The molecule has 119 valence electrons. The maximum absolute atomic E-state index is 12.2. The van der Waals surface area contributed by atoms with Crippen molar-refractivity contribution in [2.45, 2.75) is 38.8 Å². The average Bonchev–Trinajstić information content (AvgIpc) is 3.18. The number of ether oxygens (including phenoxy) is 1. The zero-order valence-electron chi connectivity index (χ0n) is 13.2. The SMILES string of the molecule is CCc1ccc(N2C(=O)CC[C@H]2COCc2nc[c-]s2)cc1.[Y]. The molecular formula is C17H19N2O2SY-. The van der Waals surface area contributed by atoms with Crippen LogP contribution in [0.4, 0.5) is 5.69 Å². The Bertz CT molecular complexity index is 616. The van der Waals surface area contributed by atoms with Crippen LogP contribution in [0, 0.1) is 5.38 Å². The summed E-state index contributed by atoms with van der Waals surface area (Å²) in [6, 6.07) is 8.36. The molecule has 1 aliphatic rings. The third kappa shape index (κ3) is 4.69. The summed E-state index contributed by atoms with van der Waals surface area (Å²) in [5.74, 6) is 0.181. The van der Waals surface area contributed by atoms with E-state index in [2.05, 4.69) is 29.4 Å². The molecule has 0 bridgehead atoms. The van der Waals surface area contributed by atoms with Gasteiger partial charge in [-0.05, 0) is 35.5 Å². The summed E-state index contributed by atoms with van der Waals surface area (Å²) in [6.45, 7) is 3.16. The van der Waals surface area contributed by atoms with Gasteiger partial charge in [0.05, 0.1) is 12.6 Å². The van der Waals surface area contributed by atoms with Gasteiger partial charge in [-0.25, -0.2) is 0 Å². The molecule has 1 aromatic heterocycles. The second-order valence-corrected chi connectivity index (χ2v) is 6.27. The summed E-state index contributed by atoms with van der Waals surface area (Å²) in [7, 11) is 0. The van der Waals surface area contributed by atoms with Gasteiger partial charge in [0.1, 0.15) is 0 Å². The van der Waals surface area contributed by atoms with Gasteiger partial charge in [-0.1, -0.05) is 25.3 Å². The fraction of sp³-hybridized carbons (Fsp3) is 0.412. The van der Waals surface area contributed by atoms with Crippen LogP contribution in [0.5, 0.6) is 0 Å². The molecule has 0 spiro atoms. The van der Waals surface area contributed by atoms with Crippen LogP contribution in [0.2, 0.25) is 0 Å². The summed E-state index contributed by atoms with van der Waals surface area (Å²) in [5.41, 5.74) is 2.25. The van der Waals surface area contributed by atoms with Gasteiger partial charge in [0.2, 0.25) is 5.91 Å². The molecule has 1 atom stereocenters. The fourth-order valence-corrected chi connectivity index (χ4v) is 3.21. The first-order valence-corrected chi connectivity index (χ1v) is 8.39. The number of benzene rings is 1. The van der Waals surface area contributed by atoms with E-state index in [1.165, 1.54) is 16.9 Å². The van der Waals surface area contributed by atoms with Gasteiger partial charge in [0, 0.05) is 51.4 Å². The molecule has 1 amide bonds. The normalized spacial score (nSPS) is 17.3. The molecule has 3 rings (SSSR count). The Labute approximate surface area is 166 Å². The van der Waals surface area contributed by atoms with Crippen molar-refractivity contribution in [3.8, 4) is 0 Å². The minimum absolute atomic E-state index is 0. The van der Waals surface area contributed by atoms with Gasteiger partial charge in [-0.15, -0.1) is 0 Å². The zero-order valence-corrected chi connectivity index (χ0v) is 16.9. The summed E-state index contributed by atoms with van der Waals surface area (Å²) < 4.78 is 5.74. The standard InChI is InChI=1S/C17H19N2O2S.Y/c1-2-13-3-5-14(6-4-13)19-15(7-8-17(19)20)11-21-12-16-18-9-10-22-16;/h3-6,9,15H,2,7-8,11-12H2,1H3;/q-1;/t15-;/m0./s1. The van der Waals surface area contributed by atoms with Gasteiger partial charge in [-0.2, -0.15) is 5.38 Å². The quantitative estimate of drug-likeness (QED) is 0.695. The van der Waals surface area contributed by atoms with Crippen LogP contribution in [0.3, 0.4) is 0 Å². The number of aryl methyl sites for hydroxylation is 1. The smallest absolute Gasteiger partial charge is 0.227 e. The largest absolute Gasteiger partial charge is 0.390 e. The topological polar surface area (TPSA) is 42.4 Å². The molecule has 1 aromatic carbocycles. The average molecular weight is 404 g/mol. The first kappa shape index (κ1) is 18.7. The second-order valence-electron chi connectivity index (χ2n) is 5.36. The van der Waals surface area contributed by atoms with Crippen molar-refractivity contribution >= 4 is 22.9 Å². The van der Waals surface area contributed by atoms with Gasteiger partial charge < -0.3 is 26.0 Å². The van der Waals surface area contributed by atoms with Crippen LogP contribution in [0.25, 0.3) is 0 Å². The molecular weight excluding hydrogens is 385 g/mol. The van der Waals surface area contributed by atoms with Crippen molar-refractivity contribution in [1.29, 1.82) is 0 Å². The van der Waals surface area contributed by atoms with E-state index in [4.69, 9.17) is 4.74 Å². The van der Waals surface area contributed by atoms with Crippen molar-refractivity contribution in [2.75, 3.05) is 11.5 Å². The van der Waals surface area contributed by atoms with E-state index in [1.54, 1.807) is 6.20 Å². The van der Waals surface area contributed by atoms with E-state index in [9.17, 15) is 4.79 Å². The van der Waals surface area contributed by atoms with Crippen LogP contribution in [0.15, 0.2) is 30.5 Å². The molecule has 0 saturated carbocycles. The molecule has 1 saturated heterocycles. The van der Waals surface area contributed by atoms with Crippen LogP contribution in [0.1, 0.15) is 30.3 Å². The number of anilines is 1. The van der Waals surface area contributed by atoms with Crippen LogP contribution < -0.4 is 4.90 Å². The molecule has 1 fully saturated rings. The van der Waals surface area contributed by atoms with E-state index in [-0.39, 0.29) is 44.7 Å². The van der Waals surface area contributed by atoms with Crippen molar-refractivity contribution in [3.05, 3.63) is 46.4 Å². The molecule has 6 heteroatoms. The van der Waals surface area contributed by atoms with E-state index >= 15 is 0 Å². The number of hydrogen-bond donors (Lipinski definition) is 0. The minimum atomic E-state index is 0. The number of thiazole rings is 1. The van der Waals surface area contributed by atoms with Gasteiger partial charge in [0.25, 0.3) is 0 Å². The predicted octanol–water partition coefficient (Wildman–Crippen LogP) is 3.22. The number of amides is 1. The second kappa shape index (κ2) is 9.02. The van der Waals surface area contributed by atoms with Crippen LogP contribution >= 0.6 is 11.3 Å². The molecule has 2 heterocycles. The summed E-state index contributed by atoms with van der Waals surface area (Å²) in [6.07, 6.45) is 4.10. The fourth-order valence-electron chi connectivity index (χ4n) is 2.72. The summed E-state index contributed by atoms with van der Waals surface area (Å²) >= 11 is 1.47. The number of aromatic nitrogens is 1. The summed E-state index contributed by atoms with van der Waals surface area (Å²) in [4.78, 5) is 18.2. The maximum atomic E-state index is 12.2. The molecule has 2 aromatic rings. The van der Waals surface area contributed by atoms with E-state index in [1.807, 2.05) is 17.0 Å². The van der Waals surface area contributed by atoms with E-state index in [0.717, 1.165) is 23.5 Å². The van der Waals surface area contributed by atoms with Gasteiger partial charge in [0.15, 0.2) is 0 Å². The van der Waals surface area contributed by atoms with Crippen LogP contribution in [-0.4, -0.2) is 23.5 Å². The Morgan fingerprint density at radius 3 is 2.83 bits per heavy atom. The minimum Gasteiger partial charge on any atom is -0.390 e. The first-order chi connectivity index (χ1) is 10.8. The third-order valence-electron chi connectivity index (χ3n) is 3.92. The summed E-state index contributed by atoms with van der Waals surface area (Å²) in [5, 5.41) is 3.87. The molecule has 1 aliphatic heterocycles. The van der Waals surface area contributed by atoms with Crippen molar-refractivity contribution in [2.24, 2.45) is 0 Å². The molecule has 1 radical (unpaired) electrons. The Kier molecular flexibility index (Phi) is 7.34. The third-order valence-corrected chi connectivity index (χ3v) is 4.60. The Morgan fingerprint density at radius 1 is 1.39 bits per heavy atom.